The summed E-state index contributed by atoms with van der Waals surface area (Å²) in [6, 6.07) is 5.31. The van der Waals surface area contributed by atoms with E-state index in [1.165, 1.54) is 0 Å². The van der Waals surface area contributed by atoms with E-state index in [4.69, 9.17) is 0 Å². The molecule has 0 bridgehead atoms. The van der Waals surface area contributed by atoms with Crippen LogP contribution in [0.5, 0.6) is 0 Å². The van der Waals surface area contributed by atoms with E-state index in [0.29, 0.717) is 5.56 Å². The number of nitrogens with one attached hydrogen (secondary N) is 1. The van der Waals surface area contributed by atoms with Crippen LogP contribution in [0.3, 0.4) is 0 Å². The number of aromatic nitrogens is 3. The Morgan fingerprint density at radius 1 is 1.29 bits per heavy atom. The standard InChI is InChI=1S/C16H23FN4/c1-4-8-18-16(13-7-6-12(3)14(17)10-13)15-11-19-20-21(15)9-5-2/h6-7,10-11,16,18H,4-5,8-9H2,1-3H3. The van der Waals surface area contributed by atoms with E-state index in [0.717, 1.165) is 37.2 Å². The zero-order chi connectivity index (χ0) is 15.2. The van der Waals surface area contributed by atoms with Gasteiger partial charge in [0.1, 0.15) is 5.82 Å². The van der Waals surface area contributed by atoms with Crippen LogP contribution in [0, 0.1) is 12.7 Å². The number of rotatable bonds is 7. The molecule has 0 aliphatic rings. The van der Waals surface area contributed by atoms with Crippen molar-refractivity contribution in [3.05, 3.63) is 47.0 Å². The van der Waals surface area contributed by atoms with E-state index in [2.05, 4.69) is 29.5 Å². The number of aryl methyl sites for hydroxylation is 2. The summed E-state index contributed by atoms with van der Waals surface area (Å²) in [6.07, 6.45) is 3.76. The first kappa shape index (κ1) is 15.6. The Morgan fingerprint density at radius 2 is 2.10 bits per heavy atom. The van der Waals surface area contributed by atoms with Crippen molar-refractivity contribution in [1.29, 1.82) is 0 Å². The zero-order valence-corrected chi connectivity index (χ0v) is 12.9. The fourth-order valence-corrected chi connectivity index (χ4v) is 2.35. The second-order valence-electron chi connectivity index (χ2n) is 5.28. The molecule has 4 nitrogen and oxygen atoms in total. The van der Waals surface area contributed by atoms with Crippen LogP contribution in [0.2, 0.25) is 0 Å². The zero-order valence-electron chi connectivity index (χ0n) is 12.9. The predicted molar refractivity (Wildman–Crippen MR) is 81.6 cm³/mol. The molecule has 1 aromatic heterocycles. The number of hydrogen-bond donors (Lipinski definition) is 1. The summed E-state index contributed by atoms with van der Waals surface area (Å²) in [6.45, 7) is 7.66. The largest absolute Gasteiger partial charge is 0.305 e. The second-order valence-corrected chi connectivity index (χ2v) is 5.28. The van der Waals surface area contributed by atoms with E-state index in [1.807, 2.05) is 16.8 Å². The molecule has 2 rings (SSSR count). The summed E-state index contributed by atoms with van der Waals surface area (Å²) in [5.74, 6) is -0.176. The van der Waals surface area contributed by atoms with E-state index in [1.54, 1.807) is 19.2 Å². The lowest BCUT2D eigenvalue weighted by atomic mass is 10.0. The van der Waals surface area contributed by atoms with Gasteiger partial charge in [-0.15, -0.1) is 5.10 Å². The van der Waals surface area contributed by atoms with Gasteiger partial charge in [-0.2, -0.15) is 0 Å². The Labute approximate surface area is 125 Å². The summed E-state index contributed by atoms with van der Waals surface area (Å²) in [5, 5.41) is 11.6. The molecule has 1 unspecified atom stereocenters. The molecule has 5 heteroatoms. The van der Waals surface area contributed by atoms with Crippen LogP contribution < -0.4 is 5.32 Å². The molecular formula is C16H23FN4. The lowest BCUT2D eigenvalue weighted by Crippen LogP contribution is -2.26. The molecule has 0 aliphatic carbocycles. The molecular weight excluding hydrogens is 267 g/mol. The average molecular weight is 290 g/mol. The normalized spacial score (nSPS) is 12.6. The molecule has 0 amide bonds. The topological polar surface area (TPSA) is 42.7 Å². The van der Waals surface area contributed by atoms with E-state index < -0.39 is 0 Å². The fraction of sp³-hybridized carbons (Fsp3) is 0.500. The average Bonchev–Trinajstić information content (AvgIpc) is 2.92. The quantitative estimate of drug-likeness (QED) is 0.851. The lowest BCUT2D eigenvalue weighted by molar-refractivity contribution is 0.502. The summed E-state index contributed by atoms with van der Waals surface area (Å²) in [5.41, 5.74) is 2.55. The molecule has 1 atom stereocenters. The molecule has 114 valence electrons. The third-order valence-electron chi connectivity index (χ3n) is 3.51. The van der Waals surface area contributed by atoms with Crippen LogP contribution in [0.4, 0.5) is 4.39 Å². The molecule has 0 radical (unpaired) electrons. The maximum atomic E-state index is 13.9. The van der Waals surface area contributed by atoms with Gasteiger partial charge in [-0.1, -0.05) is 31.2 Å². The molecule has 0 saturated carbocycles. The second kappa shape index (κ2) is 7.31. The number of hydrogen-bond acceptors (Lipinski definition) is 3. The molecule has 1 N–H and O–H groups in total. The first-order valence-electron chi connectivity index (χ1n) is 7.55. The Morgan fingerprint density at radius 3 is 2.76 bits per heavy atom. The highest BCUT2D eigenvalue weighted by Gasteiger charge is 2.19. The summed E-state index contributed by atoms with van der Waals surface area (Å²) in [7, 11) is 0. The van der Waals surface area contributed by atoms with Gasteiger partial charge in [0, 0.05) is 6.54 Å². The minimum atomic E-state index is -0.176. The summed E-state index contributed by atoms with van der Waals surface area (Å²) in [4.78, 5) is 0. The first-order valence-corrected chi connectivity index (χ1v) is 7.55. The highest BCUT2D eigenvalue weighted by atomic mass is 19.1. The van der Waals surface area contributed by atoms with Crippen molar-refractivity contribution in [2.75, 3.05) is 6.54 Å². The van der Waals surface area contributed by atoms with Gasteiger partial charge in [0.15, 0.2) is 0 Å². The van der Waals surface area contributed by atoms with Gasteiger partial charge in [-0.05, 0) is 43.5 Å². The van der Waals surface area contributed by atoms with Crippen molar-refractivity contribution >= 4 is 0 Å². The van der Waals surface area contributed by atoms with Crippen molar-refractivity contribution < 1.29 is 4.39 Å². The Balaban J connectivity index is 2.37. The van der Waals surface area contributed by atoms with Crippen molar-refractivity contribution in [2.45, 2.75) is 46.2 Å². The fourth-order valence-electron chi connectivity index (χ4n) is 2.35. The molecule has 1 heterocycles. The molecule has 1 aromatic carbocycles. The smallest absolute Gasteiger partial charge is 0.126 e. The van der Waals surface area contributed by atoms with Crippen molar-refractivity contribution in [1.82, 2.24) is 20.3 Å². The number of nitrogens with zero attached hydrogens (tertiary/aromatic N) is 3. The SMILES string of the molecule is CCCNC(c1ccc(C)c(F)c1)c1cnnn1CCC. The highest BCUT2D eigenvalue weighted by Crippen LogP contribution is 2.23. The van der Waals surface area contributed by atoms with Crippen LogP contribution in [-0.4, -0.2) is 21.5 Å². The van der Waals surface area contributed by atoms with Gasteiger partial charge >= 0.3 is 0 Å². The minimum Gasteiger partial charge on any atom is -0.305 e. The van der Waals surface area contributed by atoms with Crippen molar-refractivity contribution in [2.24, 2.45) is 0 Å². The summed E-state index contributed by atoms with van der Waals surface area (Å²) < 4.78 is 15.8. The van der Waals surface area contributed by atoms with E-state index in [9.17, 15) is 4.39 Å². The molecule has 0 spiro atoms. The van der Waals surface area contributed by atoms with Crippen LogP contribution in [0.25, 0.3) is 0 Å². The third-order valence-corrected chi connectivity index (χ3v) is 3.51. The maximum absolute atomic E-state index is 13.9. The monoisotopic (exact) mass is 290 g/mol. The molecule has 0 fully saturated rings. The summed E-state index contributed by atoms with van der Waals surface area (Å²) >= 11 is 0. The predicted octanol–water partition coefficient (Wildman–Crippen LogP) is 3.22. The van der Waals surface area contributed by atoms with Crippen molar-refractivity contribution in [3.8, 4) is 0 Å². The molecule has 2 aromatic rings. The highest BCUT2D eigenvalue weighted by molar-refractivity contribution is 5.30. The minimum absolute atomic E-state index is 0.0819. The first-order chi connectivity index (χ1) is 10.2. The van der Waals surface area contributed by atoms with Crippen LogP contribution in [0.1, 0.15) is 49.6 Å². The van der Waals surface area contributed by atoms with Gasteiger partial charge in [0.2, 0.25) is 0 Å². The van der Waals surface area contributed by atoms with E-state index >= 15 is 0 Å². The maximum Gasteiger partial charge on any atom is 0.126 e. The molecule has 0 aliphatic heterocycles. The Kier molecular flexibility index (Phi) is 5.44. The van der Waals surface area contributed by atoms with Crippen LogP contribution in [-0.2, 0) is 6.54 Å². The van der Waals surface area contributed by atoms with Gasteiger partial charge in [-0.3, -0.25) is 0 Å². The van der Waals surface area contributed by atoms with Gasteiger partial charge < -0.3 is 5.32 Å². The van der Waals surface area contributed by atoms with E-state index in [-0.39, 0.29) is 11.9 Å². The molecule has 21 heavy (non-hydrogen) atoms. The Bertz CT molecular complexity index is 579. The van der Waals surface area contributed by atoms with Gasteiger partial charge in [-0.25, -0.2) is 9.07 Å². The van der Waals surface area contributed by atoms with Gasteiger partial charge in [0.25, 0.3) is 0 Å². The van der Waals surface area contributed by atoms with Crippen molar-refractivity contribution in [3.63, 3.8) is 0 Å². The Hall–Kier alpha value is -1.75. The van der Waals surface area contributed by atoms with Crippen LogP contribution in [0.15, 0.2) is 24.4 Å². The third kappa shape index (κ3) is 3.67. The number of benzene rings is 1. The number of halogens is 1. The lowest BCUT2D eigenvalue weighted by Gasteiger charge is -2.20. The molecule has 0 saturated heterocycles. The van der Waals surface area contributed by atoms with Crippen LogP contribution >= 0.6 is 0 Å². The van der Waals surface area contributed by atoms with Gasteiger partial charge in [0.05, 0.1) is 17.9 Å².